The number of nitrogens with two attached hydrogens (primary N) is 1. The van der Waals surface area contributed by atoms with Crippen LogP contribution in [0.4, 0.5) is 5.69 Å². The number of nitrogens with zero attached hydrogens (tertiary/aromatic N) is 1. The van der Waals surface area contributed by atoms with Crippen molar-refractivity contribution in [1.29, 1.82) is 0 Å². The molecule has 16 heavy (non-hydrogen) atoms. The third-order valence-electron chi connectivity index (χ3n) is 3.28. The van der Waals surface area contributed by atoms with Crippen LogP contribution in [0.25, 0.3) is 0 Å². The number of hydrogen-bond acceptors (Lipinski definition) is 3. The summed E-state index contributed by atoms with van der Waals surface area (Å²) in [6, 6.07) is 6.70. The average molecular weight is 220 g/mol. The fourth-order valence-electron chi connectivity index (χ4n) is 2.01. The molecule has 0 aliphatic carbocycles. The molecule has 1 aromatic rings. The van der Waals surface area contributed by atoms with Gasteiger partial charge in [-0.3, -0.25) is 0 Å². The first-order chi connectivity index (χ1) is 7.63. The molecule has 88 valence electrons. The van der Waals surface area contributed by atoms with Crippen LogP contribution >= 0.6 is 0 Å². The van der Waals surface area contributed by atoms with Gasteiger partial charge in [0.25, 0.3) is 0 Å². The quantitative estimate of drug-likeness (QED) is 0.828. The molecule has 0 aromatic heterocycles. The van der Waals surface area contributed by atoms with Gasteiger partial charge in [0.2, 0.25) is 0 Å². The van der Waals surface area contributed by atoms with E-state index in [0.29, 0.717) is 19.1 Å². The topological polar surface area (TPSA) is 38.5 Å². The Morgan fingerprint density at radius 1 is 1.50 bits per heavy atom. The maximum Gasteiger partial charge on any atom is 0.142 e. The van der Waals surface area contributed by atoms with Crippen LogP contribution in [0.3, 0.4) is 0 Å². The summed E-state index contributed by atoms with van der Waals surface area (Å²) in [4.78, 5) is 2.23. The minimum absolute atomic E-state index is 0.287. The van der Waals surface area contributed by atoms with Gasteiger partial charge in [-0.25, -0.2) is 0 Å². The summed E-state index contributed by atoms with van der Waals surface area (Å²) in [5.41, 5.74) is 8.23. The molecule has 2 rings (SSSR count). The molecule has 0 saturated carbocycles. The zero-order valence-electron chi connectivity index (χ0n) is 10.2. The lowest BCUT2D eigenvalue weighted by atomic mass is 10.0. The number of likely N-dealkylation sites (N-methyl/N-ethyl adjacent to an activating group) is 1. The Labute approximate surface area is 97.2 Å². The van der Waals surface area contributed by atoms with E-state index in [0.717, 1.165) is 11.4 Å². The highest BCUT2D eigenvalue weighted by molar-refractivity contribution is 5.62. The normalized spacial score (nSPS) is 19.6. The lowest BCUT2D eigenvalue weighted by Gasteiger charge is -2.35. The van der Waals surface area contributed by atoms with Crippen LogP contribution in [0, 0.1) is 0 Å². The highest BCUT2D eigenvalue weighted by Gasteiger charge is 2.23. The van der Waals surface area contributed by atoms with Crippen molar-refractivity contribution >= 4 is 5.69 Å². The van der Waals surface area contributed by atoms with E-state index in [4.69, 9.17) is 10.5 Å². The van der Waals surface area contributed by atoms with Gasteiger partial charge in [-0.1, -0.05) is 19.9 Å². The number of ether oxygens (including phenoxy) is 1. The molecule has 0 bridgehead atoms. The Balaban J connectivity index is 2.36. The first-order valence-corrected chi connectivity index (χ1v) is 5.83. The largest absolute Gasteiger partial charge is 0.489 e. The van der Waals surface area contributed by atoms with Crippen molar-refractivity contribution in [3.63, 3.8) is 0 Å². The second-order valence-corrected chi connectivity index (χ2v) is 4.69. The van der Waals surface area contributed by atoms with Crippen LogP contribution in [0.1, 0.15) is 25.3 Å². The van der Waals surface area contributed by atoms with Gasteiger partial charge in [0.05, 0.1) is 11.7 Å². The molecule has 0 radical (unpaired) electrons. The molecular weight excluding hydrogens is 200 g/mol. The molecule has 0 spiro atoms. The van der Waals surface area contributed by atoms with E-state index in [9.17, 15) is 0 Å². The lowest BCUT2D eigenvalue weighted by Crippen LogP contribution is -2.45. The van der Waals surface area contributed by atoms with Crippen LogP contribution in [-0.4, -0.2) is 26.2 Å². The second kappa shape index (κ2) is 4.34. The third-order valence-corrected chi connectivity index (χ3v) is 3.28. The van der Waals surface area contributed by atoms with Gasteiger partial charge in [-0.2, -0.15) is 0 Å². The number of benzene rings is 1. The van der Waals surface area contributed by atoms with Crippen molar-refractivity contribution in [2.45, 2.75) is 25.8 Å². The van der Waals surface area contributed by atoms with Gasteiger partial charge in [0.15, 0.2) is 0 Å². The van der Waals surface area contributed by atoms with Gasteiger partial charge in [0.1, 0.15) is 12.4 Å². The monoisotopic (exact) mass is 220 g/mol. The molecule has 1 aliphatic heterocycles. The minimum atomic E-state index is 0.287. The Morgan fingerprint density at radius 3 is 2.88 bits per heavy atom. The fraction of sp³-hybridized carbons (Fsp3) is 0.538. The van der Waals surface area contributed by atoms with Crippen LogP contribution in [0.15, 0.2) is 18.2 Å². The van der Waals surface area contributed by atoms with E-state index in [1.165, 1.54) is 5.56 Å². The molecule has 0 amide bonds. The molecule has 1 aromatic carbocycles. The van der Waals surface area contributed by atoms with Gasteiger partial charge in [-0.05, 0) is 23.6 Å². The smallest absolute Gasteiger partial charge is 0.142 e. The predicted molar refractivity (Wildman–Crippen MR) is 67.3 cm³/mol. The van der Waals surface area contributed by atoms with E-state index in [1.54, 1.807) is 0 Å². The highest BCUT2D eigenvalue weighted by Crippen LogP contribution is 2.35. The summed E-state index contributed by atoms with van der Waals surface area (Å²) in [6.45, 7) is 5.71. The second-order valence-electron chi connectivity index (χ2n) is 4.69. The fourth-order valence-corrected chi connectivity index (χ4v) is 2.01. The maximum atomic E-state index is 5.73. The van der Waals surface area contributed by atoms with E-state index in [2.05, 4.69) is 44.0 Å². The Morgan fingerprint density at radius 2 is 2.25 bits per heavy atom. The molecule has 0 fully saturated rings. The summed E-state index contributed by atoms with van der Waals surface area (Å²) in [5.74, 6) is 1.51. The molecule has 1 atom stereocenters. The van der Waals surface area contributed by atoms with Crippen molar-refractivity contribution in [3.8, 4) is 5.75 Å². The summed E-state index contributed by atoms with van der Waals surface area (Å²) in [6.07, 6.45) is 0. The molecular formula is C13H20N2O. The maximum absolute atomic E-state index is 5.73. The Hall–Kier alpha value is -1.22. The molecule has 1 unspecified atom stereocenters. The number of hydrogen-bond donors (Lipinski definition) is 1. The van der Waals surface area contributed by atoms with Crippen LogP contribution in [-0.2, 0) is 0 Å². The zero-order chi connectivity index (χ0) is 11.7. The summed E-state index contributed by atoms with van der Waals surface area (Å²) in [7, 11) is 2.09. The molecule has 1 aliphatic rings. The first-order valence-electron chi connectivity index (χ1n) is 5.83. The molecule has 0 saturated heterocycles. The first kappa shape index (κ1) is 11.3. The lowest BCUT2D eigenvalue weighted by molar-refractivity contribution is 0.269. The summed E-state index contributed by atoms with van der Waals surface area (Å²) < 4.78 is 5.71. The van der Waals surface area contributed by atoms with Gasteiger partial charge in [0, 0.05) is 13.6 Å². The number of fused-ring (bicyclic) bond motifs is 1. The SMILES string of the molecule is CC(C)c1ccc2c(c1)N(C)C(CN)CO2. The summed E-state index contributed by atoms with van der Waals surface area (Å²) >= 11 is 0. The third kappa shape index (κ3) is 1.87. The number of anilines is 1. The molecule has 2 N–H and O–H groups in total. The molecule has 3 nitrogen and oxygen atoms in total. The average Bonchev–Trinajstić information content (AvgIpc) is 2.29. The minimum Gasteiger partial charge on any atom is -0.489 e. The zero-order valence-corrected chi connectivity index (χ0v) is 10.2. The number of rotatable bonds is 2. The van der Waals surface area contributed by atoms with Gasteiger partial charge < -0.3 is 15.4 Å². The van der Waals surface area contributed by atoms with Gasteiger partial charge in [-0.15, -0.1) is 0 Å². The van der Waals surface area contributed by atoms with E-state index in [-0.39, 0.29) is 6.04 Å². The molecule has 3 heteroatoms. The van der Waals surface area contributed by atoms with Crippen molar-refractivity contribution in [3.05, 3.63) is 23.8 Å². The molecule has 1 heterocycles. The Bertz CT molecular complexity index is 376. The van der Waals surface area contributed by atoms with Crippen molar-refractivity contribution in [1.82, 2.24) is 0 Å². The van der Waals surface area contributed by atoms with Crippen LogP contribution < -0.4 is 15.4 Å². The van der Waals surface area contributed by atoms with Crippen LogP contribution in [0.5, 0.6) is 5.75 Å². The van der Waals surface area contributed by atoms with E-state index in [1.807, 2.05) is 0 Å². The van der Waals surface area contributed by atoms with E-state index < -0.39 is 0 Å². The van der Waals surface area contributed by atoms with E-state index >= 15 is 0 Å². The van der Waals surface area contributed by atoms with Crippen molar-refractivity contribution < 1.29 is 4.74 Å². The van der Waals surface area contributed by atoms with Crippen molar-refractivity contribution in [2.75, 3.05) is 25.1 Å². The summed E-state index contributed by atoms with van der Waals surface area (Å²) in [5, 5.41) is 0. The van der Waals surface area contributed by atoms with Crippen LogP contribution in [0.2, 0.25) is 0 Å². The van der Waals surface area contributed by atoms with Crippen molar-refractivity contribution in [2.24, 2.45) is 5.73 Å². The standard InChI is InChI=1S/C13H20N2O/c1-9(2)10-4-5-13-12(6-10)15(3)11(7-14)8-16-13/h4-6,9,11H,7-8,14H2,1-3H3. The van der Waals surface area contributed by atoms with Gasteiger partial charge >= 0.3 is 0 Å². The Kier molecular flexibility index (Phi) is 3.06. The predicted octanol–water partition coefficient (Wildman–Crippen LogP) is 1.97. The highest BCUT2D eigenvalue weighted by atomic mass is 16.5.